The lowest BCUT2D eigenvalue weighted by Crippen LogP contribution is -2.20. The Kier molecular flexibility index (Phi) is 5.32. The summed E-state index contributed by atoms with van der Waals surface area (Å²) in [5.41, 5.74) is 2.80. The molecule has 0 amide bonds. The average molecular weight is 328 g/mol. The lowest BCUT2D eigenvalue weighted by molar-refractivity contribution is -0.150. The van der Waals surface area contributed by atoms with Gasteiger partial charge in [0.05, 0.1) is 12.3 Å². The summed E-state index contributed by atoms with van der Waals surface area (Å²) in [6.07, 6.45) is 8.01. The first-order chi connectivity index (χ1) is 11.2. The molecule has 3 atom stereocenters. The monoisotopic (exact) mass is 328 g/mol. The van der Waals surface area contributed by atoms with E-state index in [1.165, 1.54) is 5.57 Å². The maximum absolute atomic E-state index is 12.6. The fourth-order valence-corrected chi connectivity index (χ4v) is 3.56. The highest BCUT2D eigenvalue weighted by Crippen LogP contribution is 2.60. The van der Waals surface area contributed by atoms with E-state index < -0.39 is 6.10 Å². The van der Waals surface area contributed by atoms with E-state index >= 15 is 0 Å². The molecule has 2 rings (SSSR count). The molecular weight excluding hydrogens is 300 g/mol. The van der Waals surface area contributed by atoms with Crippen LogP contribution in [0.3, 0.4) is 0 Å². The van der Waals surface area contributed by atoms with Gasteiger partial charge in [-0.2, -0.15) is 0 Å². The zero-order valence-corrected chi connectivity index (χ0v) is 15.4. The van der Waals surface area contributed by atoms with Gasteiger partial charge in [0.2, 0.25) is 0 Å². The molecule has 1 fully saturated rings. The molecular formula is C21H28O3. The highest BCUT2D eigenvalue weighted by atomic mass is 16.5. The van der Waals surface area contributed by atoms with Crippen molar-refractivity contribution in [2.75, 3.05) is 0 Å². The smallest absolute Gasteiger partial charge is 0.310 e. The van der Waals surface area contributed by atoms with Crippen molar-refractivity contribution in [1.29, 1.82) is 0 Å². The lowest BCUT2D eigenvalue weighted by atomic mass is 10.1. The van der Waals surface area contributed by atoms with E-state index in [-0.39, 0.29) is 35.4 Å². The van der Waals surface area contributed by atoms with Gasteiger partial charge in [-0.05, 0) is 44.1 Å². The number of carbonyl (C=O) groups is 2. The molecule has 0 unspecified atom stereocenters. The Morgan fingerprint density at radius 1 is 1.38 bits per heavy atom. The first-order valence-electron chi connectivity index (χ1n) is 8.56. The number of hydrogen-bond donors (Lipinski definition) is 0. The van der Waals surface area contributed by atoms with Crippen molar-refractivity contribution >= 4 is 11.8 Å². The average Bonchev–Trinajstić information content (AvgIpc) is 2.90. The van der Waals surface area contributed by atoms with Crippen LogP contribution in [0.15, 0.2) is 47.6 Å². The molecule has 0 aromatic carbocycles. The number of hydrogen-bond acceptors (Lipinski definition) is 3. The number of rotatable bonds is 6. The minimum atomic E-state index is -0.402. The standard InChI is InChI=1S/C21H28O3/c1-7-8-9-10-15-14(4)18(12-17(15)22)24-20(23)19-16(11-13(2)3)21(19,5)6/h7-9,11,16,18-19H,1,10,12H2,2-6H3/b9-8-/t16-,18-,19+/m0/s1. The maximum atomic E-state index is 12.6. The largest absolute Gasteiger partial charge is 0.457 e. The van der Waals surface area contributed by atoms with E-state index in [0.29, 0.717) is 6.42 Å². The van der Waals surface area contributed by atoms with E-state index in [2.05, 4.69) is 26.5 Å². The summed E-state index contributed by atoms with van der Waals surface area (Å²) >= 11 is 0. The van der Waals surface area contributed by atoms with Gasteiger partial charge in [0.25, 0.3) is 0 Å². The summed E-state index contributed by atoms with van der Waals surface area (Å²) in [6, 6.07) is 0. The molecule has 2 aliphatic carbocycles. The predicted octanol–water partition coefficient (Wildman–Crippen LogP) is 4.56. The number of esters is 1. The van der Waals surface area contributed by atoms with Crippen LogP contribution >= 0.6 is 0 Å². The SMILES string of the molecule is C=C/C=C\CC1=C(C)[C@@H](OC(=O)[C@H]2[C@H](C=C(C)C)C2(C)C)CC1=O. The molecule has 0 aliphatic heterocycles. The first-order valence-corrected chi connectivity index (χ1v) is 8.56. The van der Waals surface area contributed by atoms with Crippen LogP contribution in [0.5, 0.6) is 0 Å². The maximum Gasteiger partial charge on any atom is 0.310 e. The van der Waals surface area contributed by atoms with Crippen molar-refractivity contribution in [3.63, 3.8) is 0 Å². The van der Waals surface area contributed by atoms with Gasteiger partial charge >= 0.3 is 5.97 Å². The van der Waals surface area contributed by atoms with E-state index in [0.717, 1.165) is 11.1 Å². The minimum absolute atomic E-state index is 0.0654. The predicted molar refractivity (Wildman–Crippen MR) is 96.4 cm³/mol. The highest BCUT2D eigenvalue weighted by Gasteiger charge is 2.61. The summed E-state index contributed by atoms with van der Waals surface area (Å²) in [4.78, 5) is 24.8. The number of ketones is 1. The molecule has 3 heteroatoms. The minimum Gasteiger partial charge on any atom is -0.457 e. The third-order valence-corrected chi connectivity index (χ3v) is 5.20. The summed E-state index contributed by atoms with van der Waals surface area (Å²) < 4.78 is 5.71. The van der Waals surface area contributed by atoms with E-state index in [9.17, 15) is 9.59 Å². The fraction of sp³-hybridized carbons (Fsp3) is 0.524. The van der Waals surface area contributed by atoms with Crippen molar-refractivity contribution in [1.82, 2.24) is 0 Å². The van der Waals surface area contributed by atoms with Gasteiger partial charge in [-0.3, -0.25) is 9.59 Å². The van der Waals surface area contributed by atoms with Gasteiger partial charge in [-0.25, -0.2) is 0 Å². The van der Waals surface area contributed by atoms with Crippen LogP contribution in [0, 0.1) is 17.3 Å². The third kappa shape index (κ3) is 3.61. The summed E-state index contributed by atoms with van der Waals surface area (Å²) in [6.45, 7) is 13.8. The Hall–Kier alpha value is -1.90. The second kappa shape index (κ2) is 6.92. The van der Waals surface area contributed by atoms with Crippen LogP contribution in [0.2, 0.25) is 0 Å². The van der Waals surface area contributed by atoms with Crippen LogP contribution < -0.4 is 0 Å². The molecule has 0 N–H and O–H groups in total. The molecule has 0 saturated heterocycles. The molecule has 0 aromatic heterocycles. The topological polar surface area (TPSA) is 43.4 Å². The zero-order valence-electron chi connectivity index (χ0n) is 15.4. The molecule has 0 aromatic rings. The van der Waals surface area contributed by atoms with Gasteiger partial charge in [0.1, 0.15) is 6.10 Å². The first kappa shape index (κ1) is 18.4. The van der Waals surface area contributed by atoms with E-state index in [1.54, 1.807) is 6.08 Å². The Morgan fingerprint density at radius 2 is 2.04 bits per heavy atom. The molecule has 0 heterocycles. The molecule has 130 valence electrons. The molecule has 1 saturated carbocycles. The summed E-state index contributed by atoms with van der Waals surface area (Å²) in [5.74, 6) is 0.0175. The van der Waals surface area contributed by atoms with Crippen LogP contribution in [-0.4, -0.2) is 17.9 Å². The normalized spacial score (nSPS) is 28.2. The fourth-order valence-electron chi connectivity index (χ4n) is 3.56. The molecule has 0 spiro atoms. The molecule has 2 aliphatic rings. The molecule has 3 nitrogen and oxygen atoms in total. The third-order valence-electron chi connectivity index (χ3n) is 5.20. The Balaban J connectivity index is 2.05. The van der Waals surface area contributed by atoms with Gasteiger partial charge in [0.15, 0.2) is 5.78 Å². The van der Waals surface area contributed by atoms with Crippen LogP contribution in [0.1, 0.15) is 47.5 Å². The van der Waals surface area contributed by atoms with Crippen molar-refractivity contribution in [3.8, 4) is 0 Å². The lowest BCUT2D eigenvalue weighted by Gasteiger charge is -2.13. The van der Waals surface area contributed by atoms with Crippen molar-refractivity contribution in [3.05, 3.63) is 47.6 Å². The number of allylic oxidation sites excluding steroid dienone is 6. The quantitative estimate of drug-likeness (QED) is 0.408. The molecule has 0 radical (unpaired) electrons. The van der Waals surface area contributed by atoms with Crippen molar-refractivity contribution in [2.45, 2.75) is 53.6 Å². The van der Waals surface area contributed by atoms with Crippen LogP contribution in [0.4, 0.5) is 0 Å². The second-order valence-electron chi connectivity index (χ2n) is 7.65. The van der Waals surface area contributed by atoms with Crippen molar-refractivity contribution < 1.29 is 14.3 Å². The van der Waals surface area contributed by atoms with Gasteiger partial charge < -0.3 is 4.74 Å². The zero-order chi connectivity index (χ0) is 18.1. The van der Waals surface area contributed by atoms with Crippen LogP contribution in [-0.2, 0) is 14.3 Å². The summed E-state index contributed by atoms with van der Waals surface area (Å²) in [7, 11) is 0. The number of ether oxygens (including phenoxy) is 1. The van der Waals surface area contributed by atoms with Crippen molar-refractivity contribution in [2.24, 2.45) is 17.3 Å². The second-order valence-corrected chi connectivity index (χ2v) is 7.65. The van der Waals surface area contributed by atoms with Gasteiger partial charge in [-0.1, -0.05) is 50.3 Å². The van der Waals surface area contributed by atoms with E-state index in [4.69, 9.17) is 4.74 Å². The Labute approximate surface area is 145 Å². The van der Waals surface area contributed by atoms with Gasteiger partial charge in [-0.15, -0.1) is 0 Å². The molecule has 0 bridgehead atoms. The van der Waals surface area contributed by atoms with Crippen LogP contribution in [0.25, 0.3) is 0 Å². The Morgan fingerprint density at radius 3 is 2.62 bits per heavy atom. The van der Waals surface area contributed by atoms with Gasteiger partial charge in [0, 0.05) is 5.57 Å². The Bertz CT molecular complexity index is 642. The summed E-state index contributed by atoms with van der Waals surface area (Å²) in [5, 5.41) is 0. The highest BCUT2D eigenvalue weighted by molar-refractivity contribution is 6.00. The van der Waals surface area contributed by atoms with E-state index in [1.807, 2.05) is 32.9 Å². The molecule has 24 heavy (non-hydrogen) atoms. The number of Topliss-reactive ketones (excluding diaryl/α,β-unsaturated/α-hetero) is 1. The number of carbonyl (C=O) groups excluding carboxylic acids is 2.